The van der Waals surface area contributed by atoms with Gasteiger partial charge in [-0.3, -0.25) is 0 Å². The lowest BCUT2D eigenvalue weighted by molar-refractivity contribution is 0.128. The molecule has 2 unspecified atom stereocenters. The maximum atomic E-state index is 10.5. The molecule has 0 aliphatic heterocycles. The minimum atomic E-state index is -0.544. The van der Waals surface area contributed by atoms with Gasteiger partial charge in [0.15, 0.2) is 0 Å². The molecule has 0 radical (unpaired) electrons. The van der Waals surface area contributed by atoms with E-state index >= 15 is 0 Å². The summed E-state index contributed by atoms with van der Waals surface area (Å²) in [6, 6.07) is 9.79. The zero-order chi connectivity index (χ0) is 15.5. The average Bonchev–Trinajstić information content (AvgIpc) is 2.86. The SMILES string of the molecule is CC(CC(O)c1cnnn1-c1ccccc1)CC(C)(C)C. The second-order valence-electron chi connectivity index (χ2n) is 7.03. The molecule has 0 aliphatic rings. The maximum Gasteiger partial charge on any atom is 0.0980 e. The number of rotatable bonds is 5. The highest BCUT2D eigenvalue weighted by atomic mass is 16.3. The summed E-state index contributed by atoms with van der Waals surface area (Å²) >= 11 is 0. The van der Waals surface area contributed by atoms with Crippen molar-refractivity contribution in [2.45, 2.75) is 46.6 Å². The van der Waals surface area contributed by atoms with Crippen molar-refractivity contribution in [3.8, 4) is 5.69 Å². The van der Waals surface area contributed by atoms with Crippen LogP contribution in [-0.4, -0.2) is 20.1 Å². The van der Waals surface area contributed by atoms with Gasteiger partial charge in [-0.05, 0) is 36.3 Å². The Hall–Kier alpha value is -1.68. The summed E-state index contributed by atoms with van der Waals surface area (Å²) in [5, 5.41) is 18.6. The van der Waals surface area contributed by atoms with Crippen LogP contribution in [0.15, 0.2) is 36.5 Å². The molecule has 21 heavy (non-hydrogen) atoms. The van der Waals surface area contributed by atoms with Crippen molar-refractivity contribution in [2.24, 2.45) is 11.3 Å². The molecule has 0 bridgehead atoms. The van der Waals surface area contributed by atoms with Crippen molar-refractivity contribution in [1.82, 2.24) is 15.0 Å². The van der Waals surface area contributed by atoms with Crippen molar-refractivity contribution in [3.05, 3.63) is 42.2 Å². The first-order valence-electron chi connectivity index (χ1n) is 7.51. The first-order chi connectivity index (χ1) is 9.87. The van der Waals surface area contributed by atoms with E-state index < -0.39 is 6.10 Å². The summed E-state index contributed by atoms with van der Waals surface area (Å²) in [7, 11) is 0. The minimum Gasteiger partial charge on any atom is -0.387 e. The van der Waals surface area contributed by atoms with Crippen LogP contribution < -0.4 is 0 Å². The van der Waals surface area contributed by atoms with E-state index in [-0.39, 0.29) is 5.41 Å². The summed E-state index contributed by atoms with van der Waals surface area (Å²) in [5.41, 5.74) is 1.95. The van der Waals surface area contributed by atoms with Crippen LogP contribution >= 0.6 is 0 Å². The van der Waals surface area contributed by atoms with Gasteiger partial charge in [0, 0.05) is 0 Å². The summed E-state index contributed by atoms with van der Waals surface area (Å²) < 4.78 is 1.72. The van der Waals surface area contributed by atoms with Crippen LogP contribution in [0.3, 0.4) is 0 Å². The number of hydrogen-bond donors (Lipinski definition) is 1. The molecule has 1 heterocycles. The van der Waals surface area contributed by atoms with Crippen LogP contribution in [0.1, 0.15) is 52.3 Å². The van der Waals surface area contributed by atoms with Gasteiger partial charge in [-0.15, -0.1) is 5.10 Å². The van der Waals surface area contributed by atoms with Gasteiger partial charge in [0.2, 0.25) is 0 Å². The Bertz CT molecular complexity index is 557. The van der Waals surface area contributed by atoms with Crippen molar-refractivity contribution in [3.63, 3.8) is 0 Å². The number of aromatic nitrogens is 3. The van der Waals surface area contributed by atoms with Gasteiger partial charge in [0.05, 0.1) is 23.7 Å². The molecular weight excluding hydrogens is 262 g/mol. The number of nitrogens with zero attached hydrogens (tertiary/aromatic N) is 3. The van der Waals surface area contributed by atoms with E-state index in [2.05, 4.69) is 38.0 Å². The molecule has 0 spiro atoms. The highest BCUT2D eigenvalue weighted by Crippen LogP contribution is 2.30. The van der Waals surface area contributed by atoms with Crippen LogP contribution in [0.4, 0.5) is 0 Å². The van der Waals surface area contributed by atoms with E-state index in [1.807, 2.05) is 30.3 Å². The van der Waals surface area contributed by atoms with Gasteiger partial charge in [0.25, 0.3) is 0 Å². The molecule has 114 valence electrons. The molecule has 4 nitrogen and oxygen atoms in total. The van der Waals surface area contributed by atoms with Crippen LogP contribution in [0.2, 0.25) is 0 Å². The molecule has 0 fully saturated rings. The second kappa shape index (κ2) is 6.39. The standard InChI is InChI=1S/C17H25N3O/c1-13(11-17(2,3)4)10-16(21)15-12-18-19-20(15)14-8-6-5-7-9-14/h5-9,12-13,16,21H,10-11H2,1-4H3. The zero-order valence-electron chi connectivity index (χ0n) is 13.3. The lowest BCUT2D eigenvalue weighted by Gasteiger charge is -2.24. The lowest BCUT2D eigenvalue weighted by Crippen LogP contribution is -2.15. The Labute approximate surface area is 126 Å². The van der Waals surface area contributed by atoms with Gasteiger partial charge in [-0.2, -0.15) is 0 Å². The fraction of sp³-hybridized carbons (Fsp3) is 0.529. The van der Waals surface area contributed by atoms with E-state index in [1.54, 1.807) is 10.9 Å². The molecular formula is C17H25N3O. The maximum absolute atomic E-state index is 10.5. The first kappa shape index (κ1) is 15.7. The lowest BCUT2D eigenvalue weighted by atomic mass is 9.83. The second-order valence-corrected chi connectivity index (χ2v) is 7.03. The van der Waals surface area contributed by atoms with Gasteiger partial charge in [-0.1, -0.05) is 51.1 Å². The van der Waals surface area contributed by atoms with Gasteiger partial charge in [-0.25, -0.2) is 4.68 Å². The summed E-state index contributed by atoms with van der Waals surface area (Å²) in [5.74, 6) is 0.444. The zero-order valence-corrected chi connectivity index (χ0v) is 13.3. The number of para-hydroxylation sites is 1. The highest BCUT2D eigenvalue weighted by Gasteiger charge is 2.21. The number of hydrogen-bond acceptors (Lipinski definition) is 3. The third kappa shape index (κ3) is 4.39. The van der Waals surface area contributed by atoms with E-state index in [0.717, 1.165) is 24.2 Å². The molecule has 0 aliphatic carbocycles. The predicted molar refractivity (Wildman–Crippen MR) is 84.2 cm³/mol. The summed E-state index contributed by atoms with van der Waals surface area (Å²) in [6.45, 7) is 8.87. The van der Waals surface area contributed by atoms with Crippen molar-refractivity contribution >= 4 is 0 Å². The molecule has 4 heteroatoms. The van der Waals surface area contributed by atoms with Gasteiger partial charge >= 0.3 is 0 Å². The fourth-order valence-corrected chi connectivity index (χ4v) is 2.87. The van der Waals surface area contributed by atoms with Crippen LogP contribution in [0.5, 0.6) is 0 Å². The third-order valence-electron chi connectivity index (χ3n) is 3.50. The third-order valence-corrected chi connectivity index (χ3v) is 3.50. The smallest absolute Gasteiger partial charge is 0.0980 e. The molecule has 0 saturated carbocycles. The quantitative estimate of drug-likeness (QED) is 0.911. The number of aliphatic hydroxyl groups is 1. The van der Waals surface area contributed by atoms with Crippen LogP contribution in [-0.2, 0) is 0 Å². The van der Waals surface area contributed by atoms with E-state index in [9.17, 15) is 5.11 Å². The Balaban J connectivity index is 2.11. The monoisotopic (exact) mass is 287 g/mol. The Morgan fingerprint density at radius 3 is 2.48 bits per heavy atom. The normalized spacial score (nSPS) is 14.9. The van der Waals surface area contributed by atoms with Gasteiger partial charge in [0.1, 0.15) is 0 Å². The van der Waals surface area contributed by atoms with Crippen LogP contribution in [0, 0.1) is 11.3 Å². The Morgan fingerprint density at radius 2 is 1.86 bits per heavy atom. The molecule has 2 rings (SSSR count). The van der Waals surface area contributed by atoms with Crippen molar-refractivity contribution < 1.29 is 5.11 Å². The van der Waals surface area contributed by atoms with Gasteiger partial charge < -0.3 is 5.11 Å². The first-order valence-corrected chi connectivity index (χ1v) is 7.51. The van der Waals surface area contributed by atoms with E-state index in [4.69, 9.17) is 0 Å². The Kier molecular flexibility index (Phi) is 4.78. The molecule has 2 atom stereocenters. The van der Waals surface area contributed by atoms with Crippen molar-refractivity contribution in [1.29, 1.82) is 0 Å². The predicted octanol–water partition coefficient (Wildman–Crippen LogP) is 3.76. The topological polar surface area (TPSA) is 50.9 Å². The van der Waals surface area contributed by atoms with E-state index in [0.29, 0.717) is 5.92 Å². The number of aliphatic hydroxyl groups excluding tert-OH is 1. The minimum absolute atomic E-state index is 0.275. The molecule has 0 amide bonds. The highest BCUT2D eigenvalue weighted by molar-refractivity contribution is 5.31. The average molecular weight is 287 g/mol. The summed E-state index contributed by atoms with van der Waals surface area (Å²) in [4.78, 5) is 0. The molecule has 0 saturated heterocycles. The van der Waals surface area contributed by atoms with E-state index in [1.165, 1.54) is 0 Å². The molecule has 1 aromatic heterocycles. The largest absolute Gasteiger partial charge is 0.387 e. The van der Waals surface area contributed by atoms with Crippen LogP contribution in [0.25, 0.3) is 5.69 Å². The fourth-order valence-electron chi connectivity index (χ4n) is 2.87. The molecule has 1 N–H and O–H groups in total. The Morgan fingerprint density at radius 1 is 1.19 bits per heavy atom. The summed E-state index contributed by atoms with van der Waals surface area (Å²) in [6.07, 6.45) is 2.91. The number of benzene rings is 1. The molecule has 1 aromatic carbocycles. The van der Waals surface area contributed by atoms with Crippen molar-refractivity contribution in [2.75, 3.05) is 0 Å². The molecule has 2 aromatic rings.